The van der Waals surface area contributed by atoms with Crippen LogP contribution < -0.4 is 5.73 Å². The first kappa shape index (κ1) is 17.4. The van der Waals surface area contributed by atoms with Crippen molar-refractivity contribution in [3.63, 3.8) is 0 Å². The van der Waals surface area contributed by atoms with Gasteiger partial charge in [0.15, 0.2) is 0 Å². The zero-order valence-electron chi connectivity index (χ0n) is 14.9. The second-order valence-corrected chi connectivity index (χ2v) is 6.15. The summed E-state index contributed by atoms with van der Waals surface area (Å²) in [6, 6.07) is 28.3. The highest BCUT2D eigenvalue weighted by Crippen LogP contribution is 2.30. The van der Waals surface area contributed by atoms with Gasteiger partial charge in [-0.1, -0.05) is 97.1 Å². The summed E-state index contributed by atoms with van der Waals surface area (Å²) in [6.07, 6.45) is 1.97. The average molecular weight is 338 g/mol. The predicted molar refractivity (Wildman–Crippen MR) is 112 cm³/mol. The maximum Gasteiger partial charge on any atom is 0.131 e. The number of amidine groups is 1. The first-order valence-electron chi connectivity index (χ1n) is 8.57. The van der Waals surface area contributed by atoms with Crippen molar-refractivity contribution in [2.24, 2.45) is 10.7 Å². The van der Waals surface area contributed by atoms with Crippen molar-refractivity contribution < 1.29 is 0 Å². The Morgan fingerprint density at radius 1 is 0.846 bits per heavy atom. The van der Waals surface area contributed by atoms with Gasteiger partial charge in [0, 0.05) is 11.1 Å². The molecule has 0 heterocycles. The highest BCUT2D eigenvalue weighted by molar-refractivity contribution is 6.01. The molecule has 0 atom stereocenters. The van der Waals surface area contributed by atoms with Crippen LogP contribution in [0, 0.1) is 0 Å². The molecule has 0 aliphatic rings. The minimum atomic E-state index is 0.487. The second kappa shape index (κ2) is 8.13. The van der Waals surface area contributed by atoms with Crippen LogP contribution >= 0.6 is 0 Å². The lowest BCUT2D eigenvalue weighted by Crippen LogP contribution is -2.13. The molecule has 0 spiro atoms. The Morgan fingerprint density at radius 3 is 2.08 bits per heavy atom. The Kier molecular flexibility index (Phi) is 5.45. The molecular formula is C24H22N2. The number of aliphatic imine (C=N–C) groups is 1. The first-order valence-corrected chi connectivity index (χ1v) is 8.57. The summed E-state index contributed by atoms with van der Waals surface area (Å²) in [5.74, 6) is 0.487. The third kappa shape index (κ3) is 4.17. The van der Waals surface area contributed by atoms with E-state index >= 15 is 0 Å². The predicted octanol–water partition coefficient (Wildman–Crippen LogP) is 5.68. The number of allylic oxidation sites excluding steroid dienone is 2. The van der Waals surface area contributed by atoms with Crippen molar-refractivity contribution >= 4 is 11.5 Å². The van der Waals surface area contributed by atoms with Gasteiger partial charge >= 0.3 is 0 Å². The summed E-state index contributed by atoms with van der Waals surface area (Å²) < 4.78 is 0. The highest BCUT2D eigenvalue weighted by atomic mass is 14.9. The van der Waals surface area contributed by atoms with Crippen molar-refractivity contribution in [1.29, 1.82) is 0 Å². The minimum absolute atomic E-state index is 0.487. The van der Waals surface area contributed by atoms with Crippen molar-refractivity contribution in [2.45, 2.75) is 6.92 Å². The molecule has 2 N–H and O–H groups in total. The second-order valence-electron chi connectivity index (χ2n) is 6.15. The van der Waals surface area contributed by atoms with Gasteiger partial charge in [0.1, 0.15) is 5.84 Å². The van der Waals surface area contributed by atoms with Crippen LogP contribution in [-0.4, -0.2) is 5.84 Å². The van der Waals surface area contributed by atoms with Crippen molar-refractivity contribution in [2.75, 3.05) is 0 Å². The Morgan fingerprint density at radius 2 is 1.42 bits per heavy atom. The van der Waals surface area contributed by atoms with Gasteiger partial charge in [0.05, 0.1) is 5.70 Å². The van der Waals surface area contributed by atoms with E-state index in [1.54, 1.807) is 0 Å². The number of nitrogens with two attached hydrogens (primary N) is 1. The van der Waals surface area contributed by atoms with E-state index in [0.29, 0.717) is 5.84 Å². The summed E-state index contributed by atoms with van der Waals surface area (Å²) >= 11 is 0. The molecule has 128 valence electrons. The van der Waals surface area contributed by atoms with Crippen LogP contribution in [0.25, 0.3) is 16.8 Å². The van der Waals surface area contributed by atoms with E-state index in [4.69, 9.17) is 10.7 Å². The molecule has 0 fully saturated rings. The molecule has 0 aliphatic carbocycles. The van der Waals surface area contributed by atoms with Crippen LogP contribution in [0.2, 0.25) is 0 Å². The zero-order valence-corrected chi connectivity index (χ0v) is 14.9. The lowest BCUT2D eigenvalue weighted by Gasteiger charge is -2.12. The lowest BCUT2D eigenvalue weighted by atomic mass is 9.97. The molecule has 0 saturated heterocycles. The fraction of sp³-hybridized carbons (Fsp3) is 0.0417. The standard InChI is InChI=1S/C24H22N2/c1-18(2)17-23(26-24(25)20-13-7-4-8-14-20)22-16-10-9-15-21(22)19-11-5-3-6-12-19/h3-17H,1H2,2H3,(H2,25,26)/b23-17-. The molecule has 3 aromatic carbocycles. The van der Waals surface area contributed by atoms with Crippen LogP contribution in [0.1, 0.15) is 18.1 Å². The Balaban J connectivity index is 2.13. The topological polar surface area (TPSA) is 38.4 Å². The molecular weight excluding hydrogens is 316 g/mol. The molecule has 3 rings (SSSR count). The molecule has 26 heavy (non-hydrogen) atoms. The maximum atomic E-state index is 6.28. The summed E-state index contributed by atoms with van der Waals surface area (Å²) in [5.41, 5.74) is 12.2. The van der Waals surface area contributed by atoms with E-state index < -0.39 is 0 Å². The quantitative estimate of drug-likeness (QED) is 0.363. The van der Waals surface area contributed by atoms with Crippen LogP contribution in [0.4, 0.5) is 0 Å². The molecule has 2 heteroatoms. The molecule has 2 nitrogen and oxygen atoms in total. The van der Waals surface area contributed by atoms with Gasteiger partial charge in [-0.05, 0) is 24.1 Å². The van der Waals surface area contributed by atoms with E-state index in [-0.39, 0.29) is 0 Å². The molecule has 0 saturated carbocycles. The number of rotatable bonds is 5. The third-order valence-corrected chi connectivity index (χ3v) is 3.98. The summed E-state index contributed by atoms with van der Waals surface area (Å²) in [6.45, 7) is 5.97. The molecule has 0 bridgehead atoms. The molecule has 0 radical (unpaired) electrons. The van der Waals surface area contributed by atoms with E-state index in [1.807, 2.05) is 73.7 Å². The van der Waals surface area contributed by atoms with Crippen molar-refractivity contribution in [3.05, 3.63) is 114 Å². The van der Waals surface area contributed by atoms with Gasteiger partial charge in [-0.25, -0.2) is 4.99 Å². The SMILES string of the molecule is C=C(C)/C=C(\N=C(N)c1ccccc1)c1ccccc1-c1ccccc1. The Labute approximate surface area is 155 Å². The monoisotopic (exact) mass is 338 g/mol. The van der Waals surface area contributed by atoms with Gasteiger partial charge < -0.3 is 5.73 Å². The van der Waals surface area contributed by atoms with Crippen LogP contribution in [-0.2, 0) is 0 Å². The molecule has 0 amide bonds. The smallest absolute Gasteiger partial charge is 0.131 e. The van der Waals surface area contributed by atoms with Gasteiger partial charge in [0.2, 0.25) is 0 Å². The third-order valence-electron chi connectivity index (χ3n) is 3.98. The van der Waals surface area contributed by atoms with Crippen molar-refractivity contribution in [3.8, 4) is 11.1 Å². The first-order chi connectivity index (χ1) is 12.6. The average Bonchev–Trinajstić information content (AvgIpc) is 2.68. The van der Waals surface area contributed by atoms with Gasteiger partial charge in [-0.2, -0.15) is 0 Å². The van der Waals surface area contributed by atoms with E-state index in [0.717, 1.165) is 33.5 Å². The fourth-order valence-electron chi connectivity index (χ4n) is 2.78. The Bertz CT molecular complexity index is 952. The molecule has 0 aliphatic heterocycles. The minimum Gasteiger partial charge on any atom is -0.383 e. The zero-order chi connectivity index (χ0) is 18.4. The lowest BCUT2D eigenvalue weighted by molar-refractivity contribution is 1.42. The van der Waals surface area contributed by atoms with Gasteiger partial charge in [-0.3, -0.25) is 0 Å². The van der Waals surface area contributed by atoms with Crippen LogP contribution in [0.15, 0.2) is 108 Å². The van der Waals surface area contributed by atoms with Crippen LogP contribution in [0.3, 0.4) is 0 Å². The number of benzene rings is 3. The molecule has 0 aromatic heterocycles. The highest BCUT2D eigenvalue weighted by Gasteiger charge is 2.10. The van der Waals surface area contributed by atoms with Crippen LogP contribution in [0.5, 0.6) is 0 Å². The van der Waals surface area contributed by atoms with E-state index in [1.165, 1.54) is 0 Å². The maximum absolute atomic E-state index is 6.28. The number of hydrogen-bond acceptors (Lipinski definition) is 1. The largest absolute Gasteiger partial charge is 0.383 e. The summed E-state index contributed by atoms with van der Waals surface area (Å²) in [4.78, 5) is 4.74. The van der Waals surface area contributed by atoms with E-state index in [2.05, 4.69) is 30.8 Å². The number of hydrogen-bond donors (Lipinski definition) is 1. The molecule has 3 aromatic rings. The van der Waals surface area contributed by atoms with Crippen molar-refractivity contribution in [1.82, 2.24) is 0 Å². The van der Waals surface area contributed by atoms with Gasteiger partial charge in [0.25, 0.3) is 0 Å². The Hall–Kier alpha value is -3.39. The fourth-order valence-corrected chi connectivity index (χ4v) is 2.78. The van der Waals surface area contributed by atoms with Gasteiger partial charge in [-0.15, -0.1) is 0 Å². The summed E-state index contributed by atoms with van der Waals surface area (Å²) in [7, 11) is 0. The number of nitrogens with zero attached hydrogens (tertiary/aromatic N) is 1. The molecule has 0 unspecified atom stereocenters. The van der Waals surface area contributed by atoms with E-state index in [9.17, 15) is 0 Å². The normalized spacial score (nSPS) is 12.0. The summed E-state index contributed by atoms with van der Waals surface area (Å²) in [5, 5.41) is 0.